The van der Waals surface area contributed by atoms with Crippen molar-refractivity contribution in [1.82, 2.24) is 0 Å². The third-order valence-electron chi connectivity index (χ3n) is 1.64. The summed E-state index contributed by atoms with van der Waals surface area (Å²) in [7, 11) is 0. The van der Waals surface area contributed by atoms with E-state index in [-0.39, 0.29) is 18.1 Å². The molecular formula is C11H19F3O2S. The zero-order chi connectivity index (χ0) is 13.5. The van der Waals surface area contributed by atoms with Crippen LogP contribution in [0.3, 0.4) is 0 Å². The van der Waals surface area contributed by atoms with Gasteiger partial charge in [0.15, 0.2) is 0 Å². The minimum atomic E-state index is -4.07. The summed E-state index contributed by atoms with van der Waals surface area (Å²) in [4.78, 5) is 11.2. The van der Waals surface area contributed by atoms with Gasteiger partial charge in [-0.2, -0.15) is 24.9 Å². The molecule has 0 aromatic rings. The van der Waals surface area contributed by atoms with Crippen LogP contribution in [0.1, 0.15) is 40.0 Å². The van der Waals surface area contributed by atoms with Crippen LogP contribution in [0.4, 0.5) is 13.2 Å². The highest BCUT2D eigenvalue weighted by Gasteiger charge is 2.25. The highest BCUT2D eigenvalue weighted by atomic mass is 32.2. The lowest BCUT2D eigenvalue weighted by Crippen LogP contribution is -2.25. The van der Waals surface area contributed by atoms with Crippen LogP contribution < -0.4 is 0 Å². The summed E-state index contributed by atoms with van der Waals surface area (Å²) >= 11 is 1.31. The van der Waals surface area contributed by atoms with Crippen molar-refractivity contribution in [3.05, 3.63) is 0 Å². The van der Waals surface area contributed by atoms with Crippen molar-refractivity contribution in [3.63, 3.8) is 0 Å². The molecule has 0 unspecified atom stereocenters. The fourth-order valence-corrected chi connectivity index (χ4v) is 1.83. The number of esters is 1. The number of unbranched alkanes of at least 4 members (excludes halogenated alkanes) is 1. The Morgan fingerprint density at radius 1 is 1.18 bits per heavy atom. The maximum absolute atomic E-state index is 11.8. The fraction of sp³-hybridized carbons (Fsp3) is 0.909. The van der Waals surface area contributed by atoms with Crippen molar-refractivity contribution in [3.8, 4) is 0 Å². The molecule has 0 spiro atoms. The molecule has 2 nitrogen and oxygen atoms in total. The molecule has 102 valence electrons. The summed E-state index contributed by atoms with van der Waals surface area (Å²) in [5.41, 5.74) is -0.506. The molecule has 0 atom stereocenters. The van der Waals surface area contributed by atoms with Gasteiger partial charge in [-0.15, -0.1) is 0 Å². The largest absolute Gasteiger partial charge is 0.459 e. The zero-order valence-electron chi connectivity index (χ0n) is 10.4. The smallest absolute Gasteiger partial charge is 0.389 e. The first kappa shape index (κ1) is 16.6. The molecule has 0 N–H and O–H groups in total. The van der Waals surface area contributed by atoms with Crippen LogP contribution in [0.25, 0.3) is 0 Å². The molecule has 17 heavy (non-hydrogen) atoms. The van der Waals surface area contributed by atoms with Crippen molar-refractivity contribution in [1.29, 1.82) is 0 Å². The second kappa shape index (κ2) is 7.13. The van der Waals surface area contributed by atoms with Crippen LogP contribution in [-0.4, -0.2) is 29.3 Å². The Bertz CT molecular complexity index is 234. The predicted molar refractivity (Wildman–Crippen MR) is 63.1 cm³/mol. The van der Waals surface area contributed by atoms with Gasteiger partial charge in [0.25, 0.3) is 0 Å². The Morgan fingerprint density at radius 2 is 1.76 bits per heavy atom. The van der Waals surface area contributed by atoms with E-state index in [1.807, 2.05) is 0 Å². The van der Waals surface area contributed by atoms with Gasteiger partial charge in [0, 0.05) is 6.42 Å². The van der Waals surface area contributed by atoms with E-state index in [2.05, 4.69) is 0 Å². The van der Waals surface area contributed by atoms with Gasteiger partial charge in [0.1, 0.15) is 5.60 Å². The standard InChI is InChI=1S/C11H19F3O2S/c1-10(2,3)16-9(15)8-17-7-5-4-6-11(12,13)14/h4-8H2,1-3H3. The number of hydrogen-bond donors (Lipinski definition) is 0. The Kier molecular flexibility index (Phi) is 6.97. The Hall–Kier alpha value is -0.390. The molecule has 0 aliphatic heterocycles. The van der Waals surface area contributed by atoms with Gasteiger partial charge < -0.3 is 4.74 Å². The van der Waals surface area contributed by atoms with E-state index in [1.165, 1.54) is 11.8 Å². The minimum absolute atomic E-state index is 0.116. The number of carbonyl (C=O) groups is 1. The molecule has 0 aliphatic rings. The van der Waals surface area contributed by atoms with Crippen LogP contribution in [0.5, 0.6) is 0 Å². The summed E-state index contributed by atoms with van der Waals surface area (Å²) in [5, 5.41) is 0. The lowest BCUT2D eigenvalue weighted by Gasteiger charge is -2.19. The molecule has 0 bridgehead atoms. The number of ether oxygens (including phenoxy) is 1. The second-order valence-corrected chi connectivity index (χ2v) is 5.82. The topological polar surface area (TPSA) is 26.3 Å². The van der Waals surface area contributed by atoms with Gasteiger partial charge in [-0.3, -0.25) is 4.79 Å². The Balaban J connectivity index is 3.44. The highest BCUT2D eigenvalue weighted by molar-refractivity contribution is 7.99. The molecule has 0 aliphatic carbocycles. The number of halogens is 3. The SMILES string of the molecule is CC(C)(C)OC(=O)CSCCCCC(F)(F)F. The van der Waals surface area contributed by atoms with Crippen LogP contribution >= 0.6 is 11.8 Å². The van der Waals surface area contributed by atoms with Gasteiger partial charge in [0.05, 0.1) is 5.75 Å². The van der Waals surface area contributed by atoms with Crippen molar-refractivity contribution in [2.24, 2.45) is 0 Å². The maximum Gasteiger partial charge on any atom is 0.389 e. The summed E-state index contributed by atoms with van der Waals surface area (Å²) in [6, 6.07) is 0. The first-order valence-electron chi connectivity index (χ1n) is 5.46. The molecule has 0 radical (unpaired) electrons. The van der Waals surface area contributed by atoms with Crippen molar-refractivity contribution in [2.45, 2.75) is 51.8 Å². The summed E-state index contributed by atoms with van der Waals surface area (Å²) in [5.74, 6) is 0.428. The van der Waals surface area contributed by atoms with E-state index in [4.69, 9.17) is 4.74 Å². The van der Waals surface area contributed by atoms with E-state index in [9.17, 15) is 18.0 Å². The van der Waals surface area contributed by atoms with E-state index in [0.29, 0.717) is 12.2 Å². The Labute approximate surface area is 104 Å². The molecule has 0 amide bonds. The molecule has 0 aromatic carbocycles. The average Bonchev–Trinajstić information content (AvgIpc) is 2.06. The number of rotatable bonds is 6. The lowest BCUT2D eigenvalue weighted by molar-refractivity contribution is -0.151. The van der Waals surface area contributed by atoms with Gasteiger partial charge in [-0.1, -0.05) is 0 Å². The highest BCUT2D eigenvalue weighted by Crippen LogP contribution is 2.22. The van der Waals surface area contributed by atoms with Crippen molar-refractivity contribution in [2.75, 3.05) is 11.5 Å². The molecule has 0 saturated heterocycles. The predicted octanol–water partition coefficient (Wildman–Crippen LogP) is 3.79. The number of thioether (sulfide) groups is 1. The van der Waals surface area contributed by atoms with Crippen LogP contribution in [0.2, 0.25) is 0 Å². The minimum Gasteiger partial charge on any atom is -0.459 e. The monoisotopic (exact) mass is 272 g/mol. The summed E-state index contributed by atoms with van der Waals surface area (Å²) in [6.45, 7) is 5.33. The number of carbonyl (C=O) groups excluding carboxylic acids is 1. The van der Waals surface area contributed by atoms with Crippen molar-refractivity contribution >= 4 is 17.7 Å². The summed E-state index contributed by atoms with van der Waals surface area (Å²) < 4.78 is 40.5. The van der Waals surface area contributed by atoms with E-state index in [1.54, 1.807) is 20.8 Å². The van der Waals surface area contributed by atoms with Crippen LogP contribution in [0.15, 0.2) is 0 Å². The van der Waals surface area contributed by atoms with Crippen LogP contribution in [-0.2, 0) is 9.53 Å². The molecule has 0 fully saturated rings. The number of hydrogen-bond acceptors (Lipinski definition) is 3. The number of alkyl halides is 3. The average molecular weight is 272 g/mol. The molecule has 0 rings (SSSR count). The third kappa shape index (κ3) is 13.5. The molecule has 0 aromatic heterocycles. The quantitative estimate of drug-likeness (QED) is 0.543. The third-order valence-corrected chi connectivity index (χ3v) is 2.66. The van der Waals surface area contributed by atoms with Gasteiger partial charge in [-0.05, 0) is 39.4 Å². The normalized spacial score (nSPS) is 12.6. The molecule has 0 saturated carbocycles. The molecule has 6 heteroatoms. The van der Waals surface area contributed by atoms with E-state index >= 15 is 0 Å². The molecular weight excluding hydrogens is 253 g/mol. The van der Waals surface area contributed by atoms with Gasteiger partial charge in [0.2, 0.25) is 0 Å². The first-order valence-corrected chi connectivity index (χ1v) is 6.62. The summed E-state index contributed by atoms with van der Waals surface area (Å²) in [6.07, 6.45) is -4.24. The van der Waals surface area contributed by atoms with E-state index in [0.717, 1.165) is 0 Å². The van der Waals surface area contributed by atoms with Gasteiger partial charge >= 0.3 is 12.1 Å². The van der Waals surface area contributed by atoms with Crippen LogP contribution in [0, 0.1) is 0 Å². The first-order chi connectivity index (χ1) is 7.60. The maximum atomic E-state index is 11.8. The fourth-order valence-electron chi connectivity index (χ4n) is 1.06. The molecule has 0 heterocycles. The van der Waals surface area contributed by atoms with Gasteiger partial charge in [-0.25, -0.2) is 0 Å². The lowest BCUT2D eigenvalue weighted by atomic mass is 10.2. The Morgan fingerprint density at radius 3 is 2.24 bits per heavy atom. The zero-order valence-corrected chi connectivity index (χ0v) is 11.2. The van der Waals surface area contributed by atoms with Crippen molar-refractivity contribution < 1.29 is 22.7 Å². The van der Waals surface area contributed by atoms with E-state index < -0.39 is 18.2 Å². The second-order valence-electron chi connectivity index (χ2n) is 4.71.